The number of hydrogen-bond donors (Lipinski definition) is 1. The lowest BCUT2D eigenvalue weighted by Crippen LogP contribution is -2.02. The van der Waals surface area contributed by atoms with Crippen LogP contribution in [0.4, 0.5) is 0 Å². The van der Waals surface area contributed by atoms with Crippen LogP contribution in [0.5, 0.6) is 0 Å². The highest BCUT2D eigenvalue weighted by Gasteiger charge is 2.50. The van der Waals surface area contributed by atoms with Crippen LogP contribution in [0.1, 0.15) is 36.1 Å². The minimum Gasteiger partial charge on any atom is -0.387 e. The molecule has 0 aliphatic heterocycles. The van der Waals surface area contributed by atoms with E-state index in [9.17, 15) is 5.11 Å². The van der Waals surface area contributed by atoms with Crippen molar-refractivity contribution >= 4 is 27.3 Å². The van der Waals surface area contributed by atoms with Gasteiger partial charge in [-0.1, -0.05) is 13.8 Å². The number of aliphatic hydroxyl groups excluding tert-OH is 1. The first kappa shape index (κ1) is 10.7. The van der Waals surface area contributed by atoms with E-state index >= 15 is 0 Å². The molecule has 0 spiro atoms. The van der Waals surface area contributed by atoms with Crippen LogP contribution in [0.3, 0.4) is 0 Å². The summed E-state index contributed by atoms with van der Waals surface area (Å²) in [4.78, 5) is 2.35. The molecule has 1 aromatic heterocycles. The van der Waals surface area contributed by atoms with Crippen LogP contribution in [0.25, 0.3) is 0 Å². The molecule has 1 aromatic rings. The second-order valence-corrected chi connectivity index (χ2v) is 6.94. The monoisotopic (exact) mass is 274 g/mol. The Morgan fingerprint density at radius 1 is 1.64 bits per heavy atom. The third-order valence-electron chi connectivity index (χ3n) is 3.14. The van der Waals surface area contributed by atoms with Gasteiger partial charge < -0.3 is 5.11 Å². The van der Waals surface area contributed by atoms with Crippen LogP contribution < -0.4 is 0 Å². The smallest absolute Gasteiger partial charge is 0.0915 e. The molecule has 0 saturated heterocycles. The summed E-state index contributed by atoms with van der Waals surface area (Å²) < 4.78 is 1.12. The first-order chi connectivity index (χ1) is 6.42. The Hall–Kier alpha value is 0.140. The lowest BCUT2D eigenvalue weighted by Gasteiger charge is -2.09. The van der Waals surface area contributed by atoms with Gasteiger partial charge in [0, 0.05) is 14.2 Å². The highest BCUT2D eigenvalue weighted by atomic mass is 79.9. The summed E-state index contributed by atoms with van der Waals surface area (Å²) in [6.45, 7) is 6.51. The predicted molar refractivity (Wildman–Crippen MR) is 63.6 cm³/mol. The van der Waals surface area contributed by atoms with E-state index in [4.69, 9.17) is 0 Å². The number of hydrogen-bond acceptors (Lipinski definition) is 2. The van der Waals surface area contributed by atoms with Crippen molar-refractivity contribution < 1.29 is 5.11 Å². The summed E-state index contributed by atoms with van der Waals surface area (Å²) in [7, 11) is 0. The zero-order chi connectivity index (χ0) is 10.5. The minimum absolute atomic E-state index is 0.264. The Labute approximate surface area is 97.3 Å². The number of thiophene rings is 1. The fourth-order valence-corrected chi connectivity index (χ4v) is 3.49. The van der Waals surface area contributed by atoms with Gasteiger partial charge in [0.1, 0.15) is 0 Å². The maximum Gasteiger partial charge on any atom is 0.0915 e. The highest BCUT2D eigenvalue weighted by molar-refractivity contribution is 9.10. The van der Waals surface area contributed by atoms with Gasteiger partial charge in [-0.3, -0.25) is 0 Å². The van der Waals surface area contributed by atoms with E-state index in [2.05, 4.69) is 42.8 Å². The molecule has 1 fully saturated rings. The van der Waals surface area contributed by atoms with Gasteiger partial charge in [-0.15, -0.1) is 11.3 Å². The van der Waals surface area contributed by atoms with Crippen LogP contribution in [0.15, 0.2) is 10.5 Å². The molecule has 1 aliphatic carbocycles. The van der Waals surface area contributed by atoms with E-state index in [1.807, 2.05) is 0 Å². The van der Waals surface area contributed by atoms with Crippen LogP contribution in [-0.4, -0.2) is 5.11 Å². The van der Waals surface area contributed by atoms with Crippen molar-refractivity contribution in [3.8, 4) is 0 Å². The van der Waals surface area contributed by atoms with Crippen molar-refractivity contribution in [1.29, 1.82) is 0 Å². The predicted octanol–water partition coefficient (Wildman–Crippen LogP) is 3.90. The molecule has 0 radical (unpaired) electrons. The van der Waals surface area contributed by atoms with E-state index in [1.165, 1.54) is 4.88 Å². The van der Waals surface area contributed by atoms with E-state index in [-0.39, 0.29) is 6.10 Å². The van der Waals surface area contributed by atoms with Gasteiger partial charge in [0.25, 0.3) is 0 Å². The Kier molecular flexibility index (Phi) is 2.53. The molecule has 1 aliphatic rings. The third-order valence-corrected chi connectivity index (χ3v) is 5.35. The second kappa shape index (κ2) is 3.32. The SMILES string of the molecule is Cc1sc(C(O)C2CC2(C)C)cc1Br. The first-order valence-corrected chi connectivity index (χ1v) is 6.46. The van der Waals surface area contributed by atoms with Crippen LogP contribution in [0, 0.1) is 18.3 Å². The molecule has 0 bridgehead atoms. The molecule has 1 N–H and O–H groups in total. The Bertz CT molecular complexity index is 337. The summed E-state index contributed by atoms with van der Waals surface area (Å²) in [6, 6.07) is 2.05. The van der Waals surface area contributed by atoms with Crippen LogP contribution in [0.2, 0.25) is 0 Å². The third kappa shape index (κ3) is 1.77. The summed E-state index contributed by atoms with van der Waals surface area (Å²) in [5, 5.41) is 10.1. The van der Waals surface area contributed by atoms with Crippen molar-refractivity contribution in [2.75, 3.05) is 0 Å². The maximum atomic E-state index is 10.1. The summed E-state index contributed by atoms with van der Waals surface area (Å²) in [5.41, 5.74) is 0.337. The first-order valence-electron chi connectivity index (χ1n) is 4.86. The molecule has 78 valence electrons. The molecule has 0 aromatic carbocycles. The minimum atomic E-state index is -0.264. The average molecular weight is 275 g/mol. The molecule has 1 heterocycles. The van der Waals surface area contributed by atoms with Crippen molar-refractivity contribution in [1.82, 2.24) is 0 Å². The van der Waals surface area contributed by atoms with Gasteiger partial charge >= 0.3 is 0 Å². The van der Waals surface area contributed by atoms with Gasteiger partial charge in [-0.25, -0.2) is 0 Å². The lowest BCUT2D eigenvalue weighted by molar-refractivity contribution is 0.142. The fourth-order valence-electron chi connectivity index (χ4n) is 1.87. The lowest BCUT2D eigenvalue weighted by atomic mass is 10.1. The molecule has 1 nitrogen and oxygen atoms in total. The molecular weight excluding hydrogens is 260 g/mol. The van der Waals surface area contributed by atoms with Gasteiger partial charge in [0.2, 0.25) is 0 Å². The molecule has 3 heteroatoms. The average Bonchev–Trinajstić information content (AvgIpc) is 2.59. The largest absolute Gasteiger partial charge is 0.387 e. The molecule has 2 atom stereocenters. The molecule has 0 amide bonds. The highest BCUT2D eigenvalue weighted by Crippen LogP contribution is 2.58. The summed E-state index contributed by atoms with van der Waals surface area (Å²) in [5.74, 6) is 0.451. The molecule has 2 unspecified atom stereocenters. The summed E-state index contributed by atoms with van der Waals surface area (Å²) >= 11 is 5.18. The van der Waals surface area contributed by atoms with Crippen molar-refractivity contribution in [3.05, 3.63) is 20.3 Å². The zero-order valence-electron chi connectivity index (χ0n) is 8.67. The fraction of sp³-hybridized carbons (Fsp3) is 0.636. The normalized spacial score (nSPS) is 26.2. The Balaban J connectivity index is 2.16. The van der Waals surface area contributed by atoms with Gasteiger partial charge in [-0.2, -0.15) is 0 Å². The maximum absolute atomic E-state index is 10.1. The van der Waals surface area contributed by atoms with E-state index in [0.717, 1.165) is 15.8 Å². The van der Waals surface area contributed by atoms with E-state index in [1.54, 1.807) is 11.3 Å². The van der Waals surface area contributed by atoms with E-state index in [0.29, 0.717) is 11.3 Å². The van der Waals surface area contributed by atoms with E-state index < -0.39 is 0 Å². The molecule has 2 rings (SSSR count). The molecular formula is C11H15BrOS. The standard InChI is InChI=1S/C11H15BrOS/c1-6-8(12)4-9(14-6)10(13)7-5-11(7,2)3/h4,7,10,13H,5H2,1-3H3. The van der Waals surface area contributed by atoms with Crippen molar-refractivity contribution in [2.45, 2.75) is 33.3 Å². The van der Waals surface area contributed by atoms with Crippen LogP contribution >= 0.6 is 27.3 Å². The molecule has 14 heavy (non-hydrogen) atoms. The number of halogens is 1. The number of aliphatic hydroxyl groups is 1. The molecule has 1 saturated carbocycles. The Morgan fingerprint density at radius 2 is 2.21 bits per heavy atom. The second-order valence-electron chi connectivity index (χ2n) is 4.80. The van der Waals surface area contributed by atoms with Gasteiger partial charge in [0.15, 0.2) is 0 Å². The van der Waals surface area contributed by atoms with Gasteiger partial charge in [-0.05, 0) is 46.7 Å². The quantitative estimate of drug-likeness (QED) is 0.868. The van der Waals surface area contributed by atoms with Gasteiger partial charge in [0.05, 0.1) is 6.10 Å². The van der Waals surface area contributed by atoms with Crippen LogP contribution in [-0.2, 0) is 0 Å². The Morgan fingerprint density at radius 3 is 2.57 bits per heavy atom. The number of aryl methyl sites for hydroxylation is 1. The van der Waals surface area contributed by atoms with Crippen molar-refractivity contribution in [2.24, 2.45) is 11.3 Å². The topological polar surface area (TPSA) is 20.2 Å². The zero-order valence-corrected chi connectivity index (χ0v) is 11.1. The van der Waals surface area contributed by atoms with Crippen molar-refractivity contribution in [3.63, 3.8) is 0 Å². The number of rotatable bonds is 2. The summed E-state index contributed by atoms with van der Waals surface area (Å²) in [6.07, 6.45) is 0.878.